The Bertz CT molecular complexity index is 627. The van der Waals surface area contributed by atoms with Crippen LogP contribution in [0.15, 0.2) is 22.7 Å². The first-order valence-electron chi connectivity index (χ1n) is 6.03. The van der Waals surface area contributed by atoms with Gasteiger partial charge in [0.2, 0.25) is 0 Å². The number of nitrogens with zero attached hydrogens (tertiary/aromatic N) is 2. The van der Waals surface area contributed by atoms with Crippen LogP contribution >= 0.6 is 39.1 Å². The second kappa shape index (κ2) is 6.45. The van der Waals surface area contributed by atoms with Crippen LogP contribution in [0, 0.1) is 6.92 Å². The molecule has 0 bridgehead atoms. The highest BCUT2D eigenvalue weighted by atomic mass is 79.9. The monoisotopic (exact) mass is 376 g/mol. The average molecular weight is 378 g/mol. The third-order valence-electron chi connectivity index (χ3n) is 3.22. The maximum absolute atomic E-state index is 6.27. The number of halogens is 3. The lowest BCUT2D eigenvalue weighted by atomic mass is 10.00. The smallest absolute Gasteiger partial charge is 0.130 e. The molecule has 0 saturated heterocycles. The van der Waals surface area contributed by atoms with Crippen LogP contribution in [-0.4, -0.2) is 9.78 Å². The van der Waals surface area contributed by atoms with E-state index in [0.717, 1.165) is 21.3 Å². The fourth-order valence-electron chi connectivity index (χ4n) is 2.15. The third-order valence-corrected chi connectivity index (χ3v) is 4.51. The van der Waals surface area contributed by atoms with E-state index in [0.29, 0.717) is 16.6 Å². The number of benzene rings is 1. The normalized spacial score (nSPS) is 12.7. The van der Waals surface area contributed by atoms with Gasteiger partial charge in [0.05, 0.1) is 11.7 Å². The number of hydrazine groups is 1. The van der Waals surface area contributed by atoms with Crippen molar-refractivity contribution in [1.29, 1.82) is 0 Å². The fraction of sp³-hybridized carbons (Fsp3) is 0.308. The molecule has 7 heteroatoms. The van der Waals surface area contributed by atoms with E-state index < -0.39 is 0 Å². The molecule has 20 heavy (non-hydrogen) atoms. The highest BCUT2D eigenvalue weighted by Gasteiger charge is 2.19. The van der Waals surface area contributed by atoms with E-state index in [4.69, 9.17) is 29.0 Å². The van der Waals surface area contributed by atoms with E-state index in [9.17, 15) is 0 Å². The highest BCUT2D eigenvalue weighted by Crippen LogP contribution is 2.30. The van der Waals surface area contributed by atoms with E-state index in [-0.39, 0.29) is 6.04 Å². The molecule has 1 unspecified atom stereocenters. The summed E-state index contributed by atoms with van der Waals surface area (Å²) in [7, 11) is 1.82. The van der Waals surface area contributed by atoms with E-state index in [1.807, 2.05) is 32.2 Å². The van der Waals surface area contributed by atoms with Crippen molar-refractivity contribution in [2.45, 2.75) is 19.4 Å². The maximum Gasteiger partial charge on any atom is 0.130 e. The van der Waals surface area contributed by atoms with Crippen molar-refractivity contribution in [3.05, 3.63) is 49.7 Å². The molecule has 0 aliphatic carbocycles. The number of aryl methyl sites for hydroxylation is 2. The van der Waals surface area contributed by atoms with Gasteiger partial charge in [-0.2, -0.15) is 5.10 Å². The number of aromatic nitrogens is 2. The Balaban J connectivity index is 2.33. The third kappa shape index (κ3) is 3.18. The minimum Gasteiger partial charge on any atom is -0.271 e. The molecule has 1 aromatic carbocycles. The van der Waals surface area contributed by atoms with Gasteiger partial charge in [-0.15, -0.1) is 0 Å². The molecule has 0 radical (unpaired) electrons. The van der Waals surface area contributed by atoms with E-state index in [2.05, 4.69) is 26.5 Å². The molecule has 2 rings (SSSR count). The van der Waals surface area contributed by atoms with Gasteiger partial charge in [0.25, 0.3) is 0 Å². The van der Waals surface area contributed by atoms with Crippen molar-refractivity contribution in [1.82, 2.24) is 15.2 Å². The van der Waals surface area contributed by atoms with Crippen LogP contribution in [0.2, 0.25) is 10.2 Å². The molecule has 1 heterocycles. The van der Waals surface area contributed by atoms with Crippen molar-refractivity contribution >= 4 is 39.1 Å². The van der Waals surface area contributed by atoms with Gasteiger partial charge in [0.15, 0.2) is 0 Å². The van der Waals surface area contributed by atoms with Crippen molar-refractivity contribution in [2.75, 3.05) is 0 Å². The summed E-state index contributed by atoms with van der Waals surface area (Å²) in [4.78, 5) is 0. The molecule has 0 amide bonds. The fourth-order valence-corrected chi connectivity index (χ4v) is 3.21. The van der Waals surface area contributed by atoms with E-state index >= 15 is 0 Å². The summed E-state index contributed by atoms with van der Waals surface area (Å²) in [6.07, 6.45) is 0.621. The van der Waals surface area contributed by atoms with Gasteiger partial charge in [0, 0.05) is 22.1 Å². The van der Waals surface area contributed by atoms with Crippen LogP contribution in [0.1, 0.15) is 22.9 Å². The molecular weight excluding hydrogens is 363 g/mol. The summed E-state index contributed by atoms with van der Waals surface area (Å²) in [5.74, 6) is 5.68. The molecular formula is C13H15BrCl2N4. The molecule has 0 spiro atoms. The second-order valence-electron chi connectivity index (χ2n) is 4.57. The molecule has 3 N–H and O–H groups in total. The number of nitrogens with two attached hydrogens (primary N) is 1. The topological polar surface area (TPSA) is 55.9 Å². The van der Waals surface area contributed by atoms with Crippen molar-refractivity contribution in [2.24, 2.45) is 12.9 Å². The van der Waals surface area contributed by atoms with Gasteiger partial charge in [-0.3, -0.25) is 16.0 Å². The van der Waals surface area contributed by atoms with Crippen LogP contribution < -0.4 is 11.3 Å². The molecule has 108 valence electrons. The van der Waals surface area contributed by atoms with Gasteiger partial charge >= 0.3 is 0 Å². The van der Waals surface area contributed by atoms with E-state index in [1.165, 1.54) is 0 Å². The summed E-state index contributed by atoms with van der Waals surface area (Å²) < 4.78 is 2.58. The second-order valence-corrected chi connectivity index (χ2v) is 6.25. The van der Waals surface area contributed by atoms with Gasteiger partial charge in [-0.25, -0.2) is 0 Å². The zero-order valence-corrected chi connectivity index (χ0v) is 14.2. The van der Waals surface area contributed by atoms with Crippen molar-refractivity contribution in [3.8, 4) is 0 Å². The Morgan fingerprint density at radius 3 is 2.65 bits per heavy atom. The standard InChI is InChI=1S/C13H15BrCl2N4/c1-7-10(13(16)20(2)19-7)6-12(18-17)9-4-3-8(14)5-11(9)15/h3-5,12,18H,6,17H2,1-2H3. The molecule has 0 saturated carbocycles. The highest BCUT2D eigenvalue weighted by molar-refractivity contribution is 9.10. The molecule has 0 fully saturated rings. The largest absolute Gasteiger partial charge is 0.271 e. The summed E-state index contributed by atoms with van der Waals surface area (Å²) >= 11 is 15.9. The Hall–Kier alpha value is -0.590. The van der Waals surface area contributed by atoms with Crippen LogP contribution in [0.3, 0.4) is 0 Å². The molecule has 2 aromatic rings. The Labute approximate surface area is 136 Å². The molecule has 0 aliphatic heterocycles. The Kier molecular flexibility index (Phi) is 5.09. The van der Waals surface area contributed by atoms with Crippen LogP contribution in [0.25, 0.3) is 0 Å². The average Bonchev–Trinajstić information content (AvgIpc) is 2.62. The molecule has 0 aliphatic rings. The number of rotatable bonds is 4. The van der Waals surface area contributed by atoms with Crippen LogP contribution in [0.5, 0.6) is 0 Å². The predicted molar refractivity (Wildman–Crippen MR) is 85.9 cm³/mol. The number of hydrogen-bond donors (Lipinski definition) is 2. The summed E-state index contributed by atoms with van der Waals surface area (Å²) in [6, 6.07) is 5.59. The van der Waals surface area contributed by atoms with Crippen LogP contribution in [-0.2, 0) is 13.5 Å². The SMILES string of the molecule is Cc1nn(C)c(Cl)c1CC(NN)c1ccc(Br)cc1Cl. The lowest BCUT2D eigenvalue weighted by molar-refractivity contribution is 0.551. The van der Waals surface area contributed by atoms with Crippen molar-refractivity contribution in [3.63, 3.8) is 0 Å². The zero-order valence-electron chi connectivity index (χ0n) is 11.1. The number of hydrogen-bond acceptors (Lipinski definition) is 3. The number of nitrogens with one attached hydrogen (secondary N) is 1. The Morgan fingerprint density at radius 1 is 1.45 bits per heavy atom. The first-order valence-corrected chi connectivity index (χ1v) is 7.58. The van der Waals surface area contributed by atoms with Gasteiger partial charge in [-0.05, 0) is 31.0 Å². The van der Waals surface area contributed by atoms with Gasteiger partial charge in [-0.1, -0.05) is 45.2 Å². The van der Waals surface area contributed by atoms with Gasteiger partial charge < -0.3 is 0 Å². The van der Waals surface area contributed by atoms with Crippen LogP contribution in [0.4, 0.5) is 0 Å². The first kappa shape index (κ1) is 15.8. The maximum atomic E-state index is 6.27. The molecule has 1 aromatic heterocycles. The zero-order chi connectivity index (χ0) is 14.9. The molecule has 4 nitrogen and oxygen atoms in total. The summed E-state index contributed by atoms with van der Waals surface area (Å²) in [5.41, 5.74) is 5.59. The molecule has 1 atom stereocenters. The predicted octanol–water partition coefficient (Wildman–Crippen LogP) is 3.54. The minimum atomic E-state index is -0.129. The minimum absolute atomic E-state index is 0.129. The van der Waals surface area contributed by atoms with Gasteiger partial charge in [0.1, 0.15) is 5.15 Å². The van der Waals surface area contributed by atoms with Crippen molar-refractivity contribution < 1.29 is 0 Å². The summed E-state index contributed by atoms with van der Waals surface area (Å²) in [5, 5.41) is 5.58. The van der Waals surface area contributed by atoms with E-state index in [1.54, 1.807) is 4.68 Å². The first-order chi connectivity index (χ1) is 9.43. The Morgan fingerprint density at radius 2 is 2.15 bits per heavy atom. The summed E-state index contributed by atoms with van der Waals surface area (Å²) in [6.45, 7) is 1.93. The lowest BCUT2D eigenvalue weighted by Crippen LogP contribution is -2.30. The quantitative estimate of drug-likeness (QED) is 0.632. The lowest BCUT2D eigenvalue weighted by Gasteiger charge is -2.18.